The van der Waals surface area contributed by atoms with Gasteiger partial charge in [-0.15, -0.1) is 0 Å². The van der Waals surface area contributed by atoms with E-state index in [1.54, 1.807) is 0 Å². The number of hydrogen-bond acceptors (Lipinski definition) is 2. The Bertz CT molecular complexity index is 171. The first-order valence-electron chi connectivity index (χ1n) is 4.24. The van der Waals surface area contributed by atoms with E-state index < -0.39 is 0 Å². The lowest BCUT2D eigenvalue weighted by molar-refractivity contribution is -0.124. The molecule has 0 aromatic carbocycles. The Morgan fingerprint density at radius 1 is 1.36 bits per heavy atom. The first-order valence-corrected chi connectivity index (χ1v) is 4.24. The van der Waals surface area contributed by atoms with Crippen molar-refractivity contribution in [3.8, 4) is 0 Å². The van der Waals surface area contributed by atoms with Crippen LogP contribution in [0.25, 0.3) is 0 Å². The van der Waals surface area contributed by atoms with Crippen LogP contribution < -0.4 is 5.32 Å². The Hall–Kier alpha value is -0.570. The summed E-state index contributed by atoms with van der Waals surface area (Å²) in [7, 11) is 0. The minimum absolute atomic E-state index is 0.167. The van der Waals surface area contributed by atoms with Crippen LogP contribution in [0.4, 0.5) is 0 Å². The first-order chi connectivity index (χ1) is 5.25. The van der Waals surface area contributed by atoms with Gasteiger partial charge in [-0.3, -0.25) is 4.79 Å². The molecule has 2 aliphatic carbocycles. The van der Waals surface area contributed by atoms with E-state index in [9.17, 15) is 4.79 Å². The van der Waals surface area contributed by atoms with Crippen LogP contribution in [0.3, 0.4) is 0 Å². The molecule has 0 bridgehead atoms. The van der Waals surface area contributed by atoms with Crippen molar-refractivity contribution in [2.45, 2.75) is 37.8 Å². The molecule has 0 saturated heterocycles. The smallest absolute Gasteiger partial charge is 0.223 e. The Morgan fingerprint density at radius 2 is 2.00 bits per heavy atom. The second kappa shape index (κ2) is 2.48. The van der Waals surface area contributed by atoms with E-state index in [4.69, 9.17) is 5.11 Å². The highest BCUT2D eigenvalue weighted by Gasteiger charge is 2.34. The fourth-order valence-corrected chi connectivity index (χ4v) is 1.37. The molecule has 2 aliphatic rings. The normalized spacial score (nSPS) is 36.1. The number of nitrogens with one attached hydrogen (secondary N) is 1. The molecular weight excluding hydrogens is 142 g/mol. The Morgan fingerprint density at radius 3 is 2.45 bits per heavy atom. The van der Waals surface area contributed by atoms with Gasteiger partial charge in [0.1, 0.15) is 0 Å². The maximum absolute atomic E-state index is 11.1. The summed E-state index contributed by atoms with van der Waals surface area (Å²) >= 11 is 0. The molecule has 1 amide bonds. The third-order valence-electron chi connectivity index (χ3n) is 2.41. The van der Waals surface area contributed by atoms with Gasteiger partial charge < -0.3 is 10.4 Å². The summed E-state index contributed by atoms with van der Waals surface area (Å²) < 4.78 is 0. The molecule has 2 rings (SSSR count). The van der Waals surface area contributed by atoms with E-state index in [1.165, 1.54) is 0 Å². The maximum Gasteiger partial charge on any atom is 0.223 e. The quantitative estimate of drug-likeness (QED) is 0.591. The van der Waals surface area contributed by atoms with E-state index in [0.717, 1.165) is 25.7 Å². The van der Waals surface area contributed by atoms with Gasteiger partial charge in [-0.25, -0.2) is 0 Å². The van der Waals surface area contributed by atoms with Crippen LogP contribution in [-0.4, -0.2) is 23.2 Å². The van der Waals surface area contributed by atoms with Gasteiger partial charge in [0.05, 0.1) is 6.10 Å². The van der Waals surface area contributed by atoms with Crippen LogP contribution in [0, 0.1) is 5.92 Å². The zero-order chi connectivity index (χ0) is 7.84. The molecule has 0 aromatic rings. The van der Waals surface area contributed by atoms with Crippen LogP contribution >= 0.6 is 0 Å². The van der Waals surface area contributed by atoms with E-state index in [2.05, 4.69) is 5.32 Å². The summed E-state index contributed by atoms with van der Waals surface area (Å²) in [5, 5.41) is 11.8. The SMILES string of the molecule is O=C(NC1CC(O)C1)C1CC1. The molecule has 0 aromatic heterocycles. The molecule has 11 heavy (non-hydrogen) atoms. The van der Waals surface area contributed by atoms with Crippen molar-refractivity contribution >= 4 is 5.91 Å². The summed E-state index contributed by atoms with van der Waals surface area (Å²) in [4.78, 5) is 11.1. The Balaban J connectivity index is 1.69. The molecular formula is C8H13NO2. The van der Waals surface area contributed by atoms with Crippen molar-refractivity contribution in [2.24, 2.45) is 5.92 Å². The molecule has 2 fully saturated rings. The predicted molar refractivity (Wildman–Crippen MR) is 39.9 cm³/mol. The van der Waals surface area contributed by atoms with Crippen molar-refractivity contribution in [3.63, 3.8) is 0 Å². The summed E-state index contributed by atoms with van der Waals surface area (Å²) in [6, 6.07) is 0.262. The van der Waals surface area contributed by atoms with Gasteiger partial charge in [-0.2, -0.15) is 0 Å². The predicted octanol–water partition coefficient (Wildman–Crippen LogP) is 0.0359. The Labute approximate surface area is 65.8 Å². The van der Waals surface area contributed by atoms with Gasteiger partial charge in [0.15, 0.2) is 0 Å². The van der Waals surface area contributed by atoms with Gasteiger partial charge in [0, 0.05) is 12.0 Å². The molecule has 3 heteroatoms. The van der Waals surface area contributed by atoms with Gasteiger partial charge in [-0.1, -0.05) is 0 Å². The average molecular weight is 155 g/mol. The van der Waals surface area contributed by atoms with Gasteiger partial charge >= 0.3 is 0 Å². The lowest BCUT2D eigenvalue weighted by Gasteiger charge is -2.31. The van der Waals surface area contributed by atoms with Crippen LogP contribution in [0.1, 0.15) is 25.7 Å². The highest BCUT2D eigenvalue weighted by atomic mass is 16.3. The fourth-order valence-electron chi connectivity index (χ4n) is 1.37. The molecule has 0 aliphatic heterocycles. The van der Waals surface area contributed by atoms with Gasteiger partial charge in [-0.05, 0) is 25.7 Å². The topological polar surface area (TPSA) is 49.3 Å². The lowest BCUT2D eigenvalue weighted by Crippen LogP contribution is -2.47. The summed E-state index contributed by atoms with van der Waals surface area (Å²) in [6.07, 6.45) is 3.44. The minimum atomic E-state index is -0.167. The van der Waals surface area contributed by atoms with Crippen LogP contribution in [0.5, 0.6) is 0 Å². The molecule has 2 saturated carbocycles. The second-order valence-electron chi connectivity index (χ2n) is 3.61. The zero-order valence-electron chi connectivity index (χ0n) is 6.42. The number of aliphatic hydroxyl groups is 1. The number of amides is 1. The molecule has 0 heterocycles. The van der Waals surface area contributed by atoms with Gasteiger partial charge in [0.2, 0.25) is 5.91 Å². The lowest BCUT2D eigenvalue weighted by atomic mass is 9.89. The van der Waals surface area contributed by atoms with Crippen LogP contribution in [0.2, 0.25) is 0 Å². The summed E-state index contributed by atoms with van der Waals surface area (Å²) in [6.45, 7) is 0. The molecule has 0 atom stereocenters. The molecule has 0 unspecified atom stereocenters. The molecule has 62 valence electrons. The van der Waals surface area contributed by atoms with Gasteiger partial charge in [0.25, 0.3) is 0 Å². The maximum atomic E-state index is 11.1. The monoisotopic (exact) mass is 155 g/mol. The summed E-state index contributed by atoms with van der Waals surface area (Å²) in [5.41, 5.74) is 0. The standard InChI is InChI=1S/C8H13NO2/c10-7-3-6(4-7)9-8(11)5-1-2-5/h5-7,10H,1-4H2,(H,9,11). The minimum Gasteiger partial charge on any atom is -0.393 e. The van der Waals surface area contributed by atoms with Crippen molar-refractivity contribution in [2.75, 3.05) is 0 Å². The third-order valence-corrected chi connectivity index (χ3v) is 2.41. The number of carbonyl (C=O) groups is 1. The van der Waals surface area contributed by atoms with Crippen molar-refractivity contribution in [3.05, 3.63) is 0 Å². The highest BCUT2D eigenvalue weighted by molar-refractivity contribution is 5.81. The molecule has 3 nitrogen and oxygen atoms in total. The second-order valence-corrected chi connectivity index (χ2v) is 3.61. The largest absolute Gasteiger partial charge is 0.393 e. The third kappa shape index (κ3) is 1.53. The molecule has 0 spiro atoms. The number of hydrogen-bond donors (Lipinski definition) is 2. The van der Waals surface area contributed by atoms with Crippen molar-refractivity contribution in [1.82, 2.24) is 5.32 Å². The van der Waals surface area contributed by atoms with E-state index in [-0.39, 0.29) is 18.1 Å². The van der Waals surface area contributed by atoms with E-state index in [0.29, 0.717) is 5.92 Å². The molecule has 0 radical (unpaired) electrons. The average Bonchev–Trinajstić information content (AvgIpc) is 2.64. The number of rotatable bonds is 2. The molecule has 2 N–H and O–H groups in total. The van der Waals surface area contributed by atoms with Crippen LogP contribution in [-0.2, 0) is 4.79 Å². The highest BCUT2D eigenvalue weighted by Crippen LogP contribution is 2.30. The van der Waals surface area contributed by atoms with Crippen molar-refractivity contribution < 1.29 is 9.90 Å². The fraction of sp³-hybridized carbons (Fsp3) is 0.875. The number of carbonyl (C=O) groups excluding carboxylic acids is 1. The van der Waals surface area contributed by atoms with E-state index in [1.807, 2.05) is 0 Å². The summed E-state index contributed by atoms with van der Waals surface area (Å²) in [5.74, 6) is 0.495. The first kappa shape index (κ1) is 7.10. The van der Waals surface area contributed by atoms with E-state index >= 15 is 0 Å². The Kier molecular flexibility index (Phi) is 1.60. The van der Waals surface area contributed by atoms with Crippen molar-refractivity contribution in [1.29, 1.82) is 0 Å². The van der Waals surface area contributed by atoms with Crippen LogP contribution in [0.15, 0.2) is 0 Å². The zero-order valence-corrected chi connectivity index (χ0v) is 6.42. The number of aliphatic hydroxyl groups excluding tert-OH is 1.